The molecule has 0 aromatic carbocycles. The van der Waals surface area contributed by atoms with Crippen molar-refractivity contribution in [2.45, 2.75) is 25.9 Å². The summed E-state index contributed by atoms with van der Waals surface area (Å²) in [6, 6.07) is 4.69. The number of nitrogens with zero attached hydrogens (tertiary/aromatic N) is 1. The maximum Gasteiger partial charge on any atom is 0.328 e. The number of aromatic nitrogens is 2. The standard InChI is InChI=1S/C13H15N3O4/c1-9(7-10-3-2-6-20-10)14-12(18)8-16-5-4-11(17)15-13(16)19/h2-6,9H,7-8H2,1H3,(H,14,18)(H,15,17,19)/t9-/m0/s1. The summed E-state index contributed by atoms with van der Waals surface area (Å²) in [5, 5.41) is 2.76. The summed E-state index contributed by atoms with van der Waals surface area (Å²) in [7, 11) is 0. The van der Waals surface area contributed by atoms with E-state index in [2.05, 4.69) is 10.3 Å². The molecule has 0 radical (unpaired) electrons. The molecule has 1 atom stereocenters. The summed E-state index contributed by atoms with van der Waals surface area (Å²) in [6.07, 6.45) is 3.43. The molecule has 0 bridgehead atoms. The minimum Gasteiger partial charge on any atom is -0.469 e. The van der Waals surface area contributed by atoms with E-state index in [0.29, 0.717) is 6.42 Å². The quantitative estimate of drug-likeness (QED) is 0.796. The number of rotatable bonds is 5. The van der Waals surface area contributed by atoms with Crippen LogP contribution in [0.25, 0.3) is 0 Å². The SMILES string of the molecule is C[C@@H](Cc1ccco1)NC(=O)Cn1ccc(=O)[nH]c1=O. The van der Waals surface area contributed by atoms with Gasteiger partial charge in [0.15, 0.2) is 0 Å². The molecule has 1 amide bonds. The molecule has 2 heterocycles. The van der Waals surface area contributed by atoms with E-state index >= 15 is 0 Å². The Balaban J connectivity index is 1.92. The summed E-state index contributed by atoms with van der Waals surface area (Å²) < 4.78 is 6.33. The van der Waals surface area contributed by atoms with E-state index in [9.17, 15) is 14.4 Å². The van der Waals surface area contributed by atoms with Crippen LogP contribution in [0.2, 0.25) is 0 Å². The largest absolute Gasteiger partial charge is 0.469 e. The Morgan fingerprint density at radius 2 is 2.25 bits per heavy atom. The van der Waals surface area contributed by atoms with Crippen LogP contribution in [0.4, 0.5) is 0 Å². The van der Waals surface area contributed by atoms with Crippen molar-refractivity contribution < 1.29 is 9.21 Å². The topological polar surface area (TPSA) is 97.1 Å². The lowest BCUT2D eigenvalue weighted by atomic mass is 10.2. The van der Waals surface area contributed by atoms with E-state index in [4.69, 9.17) is 4.42 Å². The molecule has 2 N–H and O–H groups in total. The number of H-pyrrole nitrogens is 1. The van der Waals surface area contributed by atoms with Crippen LogP contribution >= 0.6 is 0 Å². The van der Waals surface area contributed by atoms with Gasteiger partial charge in [0.05, 0.1) is 6.26 Å². The average molecular weight is 277 g/mol. The average Bonchev–Trinajstić information content (AvgIpc) is 2.85. The molecule has 2 aromatic heterocycles. The molecule has 106 valence electrons. The zero-order valence-electron chi connectivity index (χ0n) is 11.0. The molecular weight excluding hydrogens is 262 g/mol. The van der Waals surface area contributed by atoms with E-state index in [1.54, 1.807) is 12.3 Å². The molecule has 0 unspecified atom stereocenters. The lowest BCUT2D eigenvalue weighted by molar-refractivity contribution is -0.122. The van der Waals surface area contributed by atoms with Gasteiger partial charge in [-0.25, -0.2) is 4.79 Å². The van der Waals surface area contributed by atoms with Crippen LogP contribution in [0.5, 0.6) is 0 Å². The Hall–Kier alpha value is -2.57. The third-order valence-corrected chi connectivity index (χ3v) is 2.71. The zero-order valence-corrected chi connectivity index (χ0v) is 11.0. The second kappa shape index (κ2) is 6.05. The van der Waals surface area contributed by atoms with Gasteiger partial charge in [-0.3, -0.25) is 19.1 Å². The molecule has 7 heteroatoms. The number of furan rings is 1. The molecule has 0 saturated heterocycles. The summed E-state index contributed by atoms with van der Waals surface area (Å²) in [5.74, 6) is 0.470. The Labute approximate surface area is 114 Å². The van der Waals surface area contributed by atoms with Crippen molar-refractivity contribution in [2.24, 2.45) is 0 Å². The lowest BCUT2D eigenvalue weighted by Crippen LogP contribution is -2.39. The number of carbonyl (C=O) groups excluding carboxylic acids is 1. The monoisotopic (exact) mass is 277 g/mol. The summed E-state index contributed by atoms with van der Waals surface area (Å²) in [6.45, 7) is 1.70. The van der Waals surface area contributed by atoms with Gasteiger partial charge in [-0.05, 0) is 19.1 Å². The van der Waals surface area contributed by atoms with Gasteiger partial charge in [-0.15, -0.1) is 0 Å². The highest BCUT2D eigenvalue weighted by Crippen LogP contribution is 2.03. The van der Waals surface area contributed by atoms with Gasteiger partial charge in [0, 0.05) is 24.7 Å². The van der Waals surface area contributed by atoms with E-state index < -0.39 is 11.2 Å². The fourth-order valence-electron chi connectivity index (χ4n) is 1.83. The molecule has 0 aliphatic carbocycles. The molecular formula is C13H15N3O4. The molecule has 2 aromatic rings. The Bertz CT molecular complexity index is 684. The van der Waals surface area contributed by atoms with Gasteiger partial charge >= 0.3 is 5.69 Å². The smallest absolute Gasteiger partial charge is 0.328 e. The highest BCUT2D eigenvalue weighted by atomic mass is 16.3. The van der Waals surface area contributed by atoms with Gasteiger partial charge in [0.2, 0.25) is 5.91 Å². The first-order chi connectivity index (χ1) is 9.54. The molecule has 0 aliphatic heterocycles. The predicted octanol–water partition coefficient (Wildman–Crippen LogP) is -0.123. The van der Waals surface area contributed by atoms with Crippen molar-refractivity contribution in [3.63, 3.8) is 0 Å². The van der Waals surface area contributed by atoms with Crippen molar-refractivity contribution in [1.82, 2.24) is 14.9 Å². The second-order valence-electron chi connectivity index (χ2n) is 4.49. The normalized spacial score (nSPS) is 12.1. The fourth-order valence-corrected chi connectivity index (χ4v) is 1.83. The van der Waals surface area contributed by atoms with E-state index in [0.717, 1.165) is 10.3 Å². The Kier molecular flexibility index (Phi) is 4.19. The molecule has 0 fully saturated rings. The van der Waals surface area contributed by atoms with Gasteiger partial charge in [-0.1, -0.05) is 0 Å². The van der Waals surface area contributed by atoms with Gasteiger partial charge in [0.25, 0.3) is 5.56 Å². The van der Waals surface area contributed by atoms with Crippen molar-refractivity contribution in [3.05, 3.63) is 57.3 Å². The molecule has 0 saturated carbocycles. The minimum atomic E-state index is -0.605. The first kappa shape index (κ1) is 13.9. The predicted molar refractivity (Wildman–Crippen MR) is 71.3 cm³/mol. The third kappa shape index (κ3) is 3.71. The van der Waals surface area contributed by atoms with E-state index in [1.807, 2.05) is 13.0 Å². The van der Waals surface area contributed by atoms with Crippen LogP contribution in [0.1, 0.15) is 12.7 Å². The van der Waals surface area contributed by atoms with Gasteiger partial charge in [-0.2, -0.15) is 0 Å². The van der Waals surface area contributed by atoms with Crippen LogP contribution in [0.3, 0.4) is 0 Å². The maximum absolute atomic E-state index is 11.8. The number of amides is 1. The third-order valence-electron chi connectivity index (χ3n) is 2.71. The van der Waals surface area contributed by atoms with Crippen LogP contribution in [-0.4, -0.2) is 21.5 Å². The van der Waals surface area contributed by atoms with Crippen molar-refractivity contribution >= 4 is 5.91 Å². The minimum absolute atomic E-state index is 0.118. The van der Waals surface area contributed by atoms with Crippen LogP contribution in [0, 0.1) is 0 Å². The van der Waals surface area contributed by atoms with Gasteiger partial charge in [0.1, 0.15) is 12.3 Å². The number of nitrogens with one attached hydrogen (secondary N) is 2. The maximum atomic E-state index is 11.8. The molecule has 2 rings (SSSR count). The number of hydrogen-bond acceptors (Lipinski definition) is 4. The van der Waals surface area contributed by atoms with Crippen LogP contribution in [-0.2, 0) is 17.8 Å². The molecule has 7 nitrogen and oxygen atoms in total. The van der Waals surface area contributed by atoms with Crippen molar-refractivity contribution in [2.75, 3.05) is 0 Å². The Morgan fingerprint density at radius 1 is 1.45 bits per heavy atom. The van der Waals surface area contributed by atoms with Crippen molar-refractivity contribution in [1.29, 1.82) is 0 Å². The number of hydrogen-bond donors (Lipinski definition) is 2. The summed E-state index contributed by atoms with van der Waals surface area (Å²) >= 11 is 0. The summed E-state index contributed by atoms with van der Waals surface area (Å²) in [5.41, 5.74) is -1.09. The number of aromatic amines is 1. The molecule has 0 spiro atoms. The van der Waals surface area contributed by atoms with Crippen LogP contribution in [0.15, 0.2) is 44.7 Å². The van der Waals surface area contributed by atoms with Gasteiger partial charge < -0.3 is 9.73 Å². The van der Waals surface area contributed by atoms with E-state index in [1.165, 1.54) is 12.3 Å². The van der Waals surface area contributed by atoms with Crippen molar-refractivity contribution in [3.8, 4) is 0 Å². The molecule has 0 aliphatic rings. The Morgan fingerprint density at radius 3 is 2.90 bits per heavy atom. The summed E-state index contributed by atoms with van der Waals surface area (Å²) in [4.78, 5) is 36.2. The zero-order chi connectivity index (χ0) is 14.5. The number of carbonyl (C=O) groups is 1. The second-order valence-corrected chi connectivity index (χ2v) is 4.49. The molecule has 20 heavy (non-hydrogen) atoms. The highest BCUT2D eigenvalue weighted by Gasteiger charge is 2.10. The first-order valence-electron chi connectivity index (χ1n) is 6.16. The fraction of sp³-hybridized carbons (Fsp3) is 0.308. The van der Waals surface area contributed by atoms with E-state index in [-0.39, 0.29) is 18.5 Å². The highest BCUT2D eigenvalue weighted by molar-refractivity contribution is 5.76. The first-order valence-corrected chi connectivity index (χ1v) is 6.16. The van der Waals surface area contributed by atoms with Crippen LogP contribution < -0.4 is 16.6 Å². The lowest BCUT2D eigenvalue weighted by Gasteiger charge is -2.13.